The van der Waals surface area contributed by atoms with Gasteiger partial charge in [0, 0.05) is 17.8 Å². The van der Waals surface area contributed by atoms with Crippen LogP contribution in [-0.4, -0.2) is 16.2 Å². The number of aliphatic hydroxyl groups is 1. The molecule has 90 valence electrons. The van der Waals surface area contributed by atoms with Gasteiger partial charge in [0.25, 0.3) is 0 Å². The fourth-order valence-electron chi connectivity index (χ4n) is 4.43. The fourth-order valence-corrected chi connectivity index (χ4v) is 4.43. The standard InChI is InChI=1S/C15H19NO/c17-15(13-10-4-1-5-11(10)13)12-7-6-9-3-2-8-16-14(9)12/h2-3,8,10-13,15,17H,1,4-7H2. The number of hydrogen-bond acceptors (Lipinski definition) is 2. The van der Waals surface area contributed by atoms with Crippen molar-refractivity contribution in [2.75, 3.05) is 0 Å². The Bertz CT molecular complexity index is 434. The number of aryl methyl sites for hydroxylation is 1. The van der Waals surface area contributed by atoms with Gasteiger partial charge in [-0.25, -0.2) is 0 Å². The van der Waals surface area contributed by atoms with E-state index in [0.717, 1.165) is 24.7 Å². The summed E-state index contributed by atoms with van der Waals surface area (Å²) in [4.78, 5) is 4.51. The van der Waals surface area contributed by atoms with Crippen LogP contribution in [0.1, 0.15) is 42.9 Å². The van der Waals surface area contributed by atoms with Crippen molar-refractivity contribution in [2.45, 2.75) is 44.1 Å². The molecule has 1 heterocycles. The highest BCUT2D eigenvalue weighted by atomic mass is 16.3. The zero-order chi connectivity index (χ0) is 11.4. The number of aliphatic hydroxyl groups excluding tert-OH is 1. The fraction of sp³-hybridized carbons (Fsp3) is 0.667. The van der Waals surface area contributed by atoms with Crippen molar-refractivity contribution < 1.29 is 5.11 Å². The van der Waals surface area contributed by atoms with Gasteiger partial charge >= 0.3 is 0 Å². The SMILES string of the molecule is OC(C1CCc2cccnc21)C1C2CCCC21. The Hall–Kier alpha value is -0.890. The van der Waals surface area contributed by atoms with E-state index in [-0.39, 0.29) is 6.10 Å². The molecule has 2 saturated carbocycles. The molecule has 17 heavy (non-hydrogen) atoms. The normalized spacial score (nSPS) is 39.8. The number of pyridine rings is 1. The van der Waals surface area contributed by atoms with Crippen LogP contribution < -0.4 is 0 Å². The number of rotatable bonds is 2. The topological polar surface area (TPSA) is 33.1 Å². The maximum Gasteiger partial charge on any atom is 0.0657 e. The van der Waals surface area contributed by atoms with Gasteiger partial charge in [-0.15, -0.1) is 0 Å². The first-order chi connectivity index (χ1) is 8.36. The van der Waals surface area contributed by atoms with Gasteiger partial charge in [-0.1, -0.05) is 12.5 Å². The average Bonchev–Trinajstić information content (AvgIpc) is 2.77. The van der Waals surface area contributed by atoms with Gasteiger partial charge in [-0.3, -0.25) is 4.98 Å². The highest BCUT2D eigenvalue weighted by Crippen LogP contribution is 2.61. The van der Waals surface area contributed by atoms with Gasteiger partial charge in [0.2, 0.25) is 0 Å². The van der Waals surface area contributed by atoms with E-state index in [1.54, 1.807) is 0 Å². The van der Waals surface area contributed by atoms with Crippen LogP contribution in [0.25, 0.3) is 0 Å². The molecule has 1 aromatic heterocycles. The molecule has 0 bridgehead atoms. The average molecular weight is 229 g/mol. The predicted octanol–water partition coefficient (Wildman–Crippen LogP) is 2.52. The monoisotopic (exact) mass is 229 g/mol. The summed E-state index contributed by atoms with van der Waals surface area (Å²) in [6, 6.07) is 4.18. The van der Waals surface area contributed by atoms with Gasteiger partial charge < -0.3 is 5.11 Å². The molecule has 1 aromatic rings. The van der Waals surface area contributed by atoms with E-state index in [2.05, 4.69) is 11.1 Å². The lowest BCUT2D eigenvalue weighted by Crippen LogP contribution is -2.22. The Labute approximate surface area is 102 Å². The van der Waals surface area contributed by atoms with Crippen molar-refractivity contribution in [3.05, 3.63) is 29.6 Å². The minimum atomic E-state index is -0.124. The van der Waals surface area contributed by atoms with Crippen molar-refractivity contribution in [1.29, 1.82) is 0 Å². The molecule has 0 saturated heterocycles. The zero-order valence-electron chi connectivity index (χ0n) is 10.0. The van der Waals surface area contributed by atoms with Crippen LogP contribution in [0.5, 0.6) is 0 Å². The lowest BCUT2D eigenvalue weighted by molar-refractivity contribution is 0.105. The summed E-state index contributed by atoms with van der Waals surface area (Å²) in [6.07, 6.45) is 8.05. The Balaban J connectivity index is 1.57. The summed E-state index contributed by atoms with van der Waals surface area (Å²) >= 11 is 0. The summed E-state index contributed by atoms with van der Waals surface area (Å²) in [5.41, 5.74) is 2.55. The maximum absolute atomic E-state index is 10.6. The van der Waals surface area contributed by atoms with Crippen LogP contribution in [0.4, 0.5) is 0 Å². The molecule has 4 rings (SSSR count). The molecular weight excluding hydrogens is 210 g/mol. The van der Waals surface area contributed by atoms with Crippen molar-refractivity contribution in [2.24, 2.45) is 17.8 Å². The van der Waals surface area contributed by atoms with Crippen molar-refractivity contribution in [3.8, 4) is 0 Å². The van der Waals surface area contributed by atoms with E-state index in [1.807, 2.05) is 12.3 Å². The van der Waals surface area contributed by atoms with Gasteiger partial charge in [0.15, 0.2) is 0 Å². The summed E-state index contributed by atoms with van der Waals surface area (Å²) < 4.78 is 0. The van der Waals surface area contributed by atoms with E-state index in [1.165, 1.54) is 30.5 Å². The van der Waals surface area contributed by atoms with E-state index < -0.39 is 0 Å². The highest BCUT2D eigenvalue weighted by Gasteiger charge is 2.57. The second-order valence-electron chi connectivity index (χ2n) is 6.02. The van der Waals surface area contributed by atoms with Crippen molar-refractivity contribution in [3.63, 3.8) is 0 Å². The molecule has 4 atom stereocenters. The number of aromatic nitrogens is 1. The molecule has 2 fully saturated rings. The molecule has 1 N–H and O–H groups in total. The Morgan fingerprint density at radius 3 is 2.88 bits per heavy atom. The van der Waals surface area contributed by atoms with Gasteiger partial charge in [0.05, 0.1) is 6.10 Å². The lowest BCUT2D eigenvalue weighted by atomic mass is 9.92. The van der Waals surface area contributed by atoms with E-state index in [9.17, 15) is 5.11 Å². The van der Waals surface area contributed by atoms with Gasteiger partial charge in [-0.2, -0.15) is 0 Å². The molecule has 2 heteroatoms. The molecule has 0 amide bonds. The summed E-state index contributed by atoms with van der Waals surface area (Å²) in [5, 5.41) is 10.6. The molecule has 0 aliphatic heterocycles. The summed E-state index contributed by atoms with van der Waals surface area (Å²) in [6.45, 7) is 0. The first kappa shape index (κ1) is 10.1. The van der Waals surface area contributed by atoms with E-state index in [4.69, 9.17) is 0 Å². The lowest BCUT2D eigenvalue weighted by Gasteiger charge is -2.20. The van der Waals surface area contributed by atoms with Crippen molar-refractivity contribution >= 4 is 0 Å². The molecule has 3 aliphatic rings. The molecule has 3 aliphatic carbocycles. The zero-order valence-corrected chi connectivity index (χ0v) is 10.0. The quantitative estimate of drug-likeness (QED) is 0.845. The Morgan fingerprint density at radius 2 is 2.06 bits per heavy atom. The Morgan fingerprint density at radius 1 is 1.24 bits per heavy atom. The molecule has 0 radical (unpaired) electrons. The predicted molar refractivity (Wildman–Crippen MR) is 65.6 cm³/mol. The van der Waals surface area contributed by atoms with Crippen LogP contribution in [0.3, 0.4) is 0 Å². The second kappa shape index (κ2) is 3.55. The molecule has 0 aromatic carbocycles. The largest absolute Gasteiger partial charge is 0.392 e. The summed E-state index contributed by atoms with van der Waals surface area (Å²) in [7, 11) is 0. The molecule has 4 unspecified atom stereocenters. The number of fused-ring (bicyclic) bond motifs is 2. The minimum absolute atomic E-state index is 0.124. The first-order valence-electron chi connectivity index (χ1n) is 6.98. The second-order valence-corrected chi connectivity index (χ2v) is 6.02. The third-order valence-electron chi connectivity index (χ3n) is 5.28. The van der Waals surface area contributed by atoms with Crippen LogP contribution >= 0.6 is 0 Å². The van der Waals surface area contributed by atoms with Crippen LogP contribution in [0.15, 0.2) is 18.3 Å². The van der Waals surface area contributed by atoms with Crippen LogP contribution in [0.2, 0.25) is 0 Å². The van der Waals surface area contributed by atoms with Gasteiger partial charge in [0.1, 0.15) is 0 Å². The van der Waals surface area contributed by atoms with Crippen LogP contribution in [0, 0.1) is 17.8 Å². The number of nitrogens with zero attached hydrogens (tertiary/aromatic N) is 1. The smallest absolute Gasteiger partial charge is 0.0657 e. The minimum Gasteiger partial charge on any atom is -0.392 e. The van der Waals surface area contributed by atoms with Gasteiger partial charge in [-0.05, 0) is 55.1 Å². The van der Waals surface area contributed by atoms with Crippen LogP contribution in [-0.2, 0) is 6.42 Å². The third-order valence-corrected chi connectivity index (χ3v) is 5.28. The molecular formula is C15H19NO. The summed E-state index contributed by atoms with van der Waals surface area (Å²) in [5.74, 6) is 2.61. The van der Waals surface area contributed by atoms with E-state index >= 15 is 0 Å². The third kappa shape index (κ3) is 1.40. The van der Waals surface area contributed by atoms with E-state index in [0.29, 0.717) is 11.8 Å². The number of hydrogen-bond donors (Lipinski definition) is 1. The maximum atomic E-state index is 10.6. The highest BCUT2D eigenvalue weighted by molar-refractivity contribution is 5.30. The Kier molecular flexibility index (Phi) is 2.10. The first-order valence-corrected chi connectivity index (χ1v) is 6.98. The molecule has 2 nitrogen and oxygen atoms in total. The van der Waals surface area contributed by atoms with Crippen molar-refractivity contribution in [1.82, 2.24) is 4.98 Å². The molecule has 0 spiro atoms.